The highest BCUT2D eigenvalue weighted by molar-refractivity contribution is 5.98. The highest BCUT2D eigenvalue weighted by Gasteiger charge is 2.40. The van der Waals surface area contributed by atoms with Gasteiger partial charge in [-0.05, 0) is 46.5 Å². The summed E-state index contributed by atoms with van der Waals surface area (Å²) in [4.78, 5) is 17.2. The standard InChI is InChI=1S/C17H29NO3/c1-5-20-16(19)14(13-9-7-6-8-10-13)15-18-17(3,4)11-12(2)21-15/h12-14H,5-11H2,1-4H3. The fourth-order valence-corrected chi connectivity index (χ4v) is 3.66. The molecule has 0 aromatic heterocycles. The van der Waals surface area contributed by atoms with Gasteiger partial charge >= 0.3 is 5.97 Å². The summed E-state index contributed by atoms with van der Waals surface area (Å²) in [6.45, 7) is 8.53. The van der Waals surface area contributed by atoms with E-state index in [1.807, 2.05) is 6.92 Å². The normalized spacial score (nSPS) is 27.4. The van der Waals surface area contributed by atoms with E-state index in [2.05, 4.69) is 20.8 Å². The van der Waals surface area contributed by atoms with Crippen molar-refractivity contribution in [3.63, 3.8) is 0 Å². The minimum atomic E-state index is -0.313. The largest absolute Gasteiger partial charge is 0.477 e. The van der Waals surface area contributed by atoms with Crippen molar-refractivity contribution in [1.29, 1.82) is 0 Å². The summed E-state index contributed by atoms with van der Waals surface area (Å²) in [5, 5.41) is 0. The Balaban J connectivity index is 2.25. The van der Waals surface area contributed by atoms with Crippen LogP contribution in [0, 0.1) is 11.8 Å². The molecular weight excluding hydrogens is 266 g/mol. The van der Waals surface area contributed by atoms with E-state index in [1.54, 1.807) is 0 Å². The maximum atomic E-state index is 12.5. The number of hydrogen-bond donors (Lipinski definition) is 0. The Morgan fingerprint density at radius 1 is 1.38 bits per heavy atom. The van der Waals surface area contributed by atoms with Gasteiger partial charge in [0.05, 0.1) is 18.2 Å². The molecule has 0 aromatic rings. The van der Waals surface area contributed by atoms with E-state index < -0.39 is 0 Å². The van der Waals surface area contributed by atoms with Crippen LogP contribution >= 0.6 is 0 Å². The number of esters is 1. The number of rotatable bonds is 4. The molecule has 0 spiro atoms. The quantitative estimate of drug-likeness (QED) is 0.742. The molecule has 0 amide bonds. The van der Waals surface area contributed by atoms with E-state index in [1.165, 1.54) is 19.3 Å². The van der Waals surface area contributed by atoms with Gasteiger partial charge in [0.15, 0.2) is 5.90 Å². The predicted octanol–water partition coefficient (Wildman–Crippen LogP) is 3.73. The van der Waals surface area contributed by atoms with Crippen LogP contribution in [0.3, 0.4) is 0 Å². The predicted molar refractivity (Wildman–Crippen MR) is 83.4 cm³/mol. The molecule has 120 valence electrons. The number of carbonyl (C=O) groups excluding carboxylic acids is 1. The lowest BCUT2D eigenvalue weighted by atomic mass is 9.79. The van der Waals surface area contributed by atoms with Gasteiger partial charge in [0.2, 0.25) is 0 Å². The zero-order valence-electron chi connectivity index (χ0n) is 13.9. The molecule has 1 fully saturated rings. The van der Waals surface area contributed by atoms with Gasteiger partial charge in [-0.3, -0.25) is 4.79 Å². The molecule has 0 bridgehead atoms. The van der Waals surface area contributed by atoms with Crippen LogP contribution in [-0.4, -0.2) is 30.1 Å². The molecule has 0 N–H and O–H groups in total. The second kappa shape index (κ2) is 6.80. The minimum absolute atomic E-state index is 0.105. The summed E-state index contributed by atoms with van der Waals surface area (Å²) in [5.41, 5.74) is -0.160. The topological polar surface area (TPSA) is 47.9 Å². The third-order valence-electron chi connectivity index (χ3n) is 4.45. The summed E-state index contributed by atoms with van der Waals surface area (Å²) < 4.78 is 11.3. The highest BCUT2D eigenvalue weighted by atomic mass is 16.5. The first kappa shape index (κ1) is 16.3. The van der Waals surface area contributed by atoms with Crippen molar-refractivity contribution in [2.75, 3.05) is 6.61 Å². The molecule has 0 saturated heterocycles. The third kappa shape index (κ3) is 4.21. The Hall–Kier alpha value is -1.06. The molecule has 1 aliphatic carbocycles. The van der Waals surface area contributed by atoms with Gasteiger partial charge in [-0.25, -0.2) is 4.99 Å². The smallest absolute Gasteiger partial charge is 0.318 e. The average Bonchev–Trinajstić information content (AvgIpc) is 2.38. The van der Waals surface area contributed by atoms with Crippen LogP contribution in [0.25, 0.3) is 0 Å². The van der Waals surface area contributed by atoms with Gasteiger partial charge in [-0.15, -0.1) is 0 Å². The van der Waals surface area contributed by atoms with Gasteiger partial charge in [0.1, 0.15) is 5.92 Å². The third-order valence-corrected chi connectivity index (χ3v) is 4.45. The summed E-state index contributed by atoms with van der Waals surface area (Å²) >= 11 is 0. The van der Waals surface area contributed by atoms with Gasteiger partial charge in [-0.1, -0.05) is 19.3 Å². The lowest BCUT2D eigenvalue weighted by Crippen LogP contribution is -2.42. The Bertz CT molecular complexity index is 397. The maximum absolute atomic E-state index is 12.5. The van der Waals surface area contributed by atoms with Crippen molar-refractivity contribution in [2.45, 2.75) is 77.9 Å². The van der Waals surface area contributed by atoms with E-state index in [4.69, 9.17) is 14.5 Å². The number of hydrogen-bond acceptors (Lipinski definition) is 4. The van der Waals surface area contributed by atoms with Gasteiger partial charge in [-0.2, -0.15) is 0 Å². The van der Waals surface area contributed by atoms with E-state index in [-0.39, 0.29) is 23.5 Å². The lowest BCUT2D eigenvalue weighted by molar-refractivity contribution is -0.148. The first-order valence-electron chi connectivity index (χ1n) is 8.36. The van der Waals surface area contributed by atoms with Crippen LogP contribution in [0.1, 0.15) is 66.2 Å². The SMILES string of the molecule is CCOC(=O)C(C1=NC(C)(C)CC(C)O1)C1CCCCC1. The van der Waals surface area contributed by atoms with E-state index in [9.17, 15) is 4.79 Å². The number of ether oxygens (including phenoxy) is 2. The van der Waals surface area contributed by atoms with Crippen LogP contribution in [0.2, 0.25) is 0 Å². The molecule has 4 nitrogen and oxygen atoms in total. The average molecular weight is 295 g/mol. The zero-order valence-corrected chi connectivity index (χ0v) is 13.9. The molecule has 2 atom stereocenters. The van der Waals surface area contributed by atoms with E-state index >= 15 is 0 Å². The zero-order chi connectivity index (χ0) is 15.5. The maximum Gasteiger partial charge on any atom is 0.318 e. The van der Waals surface area contributed by atoms with Gasteiger partial charge in [0, 0.05) is 6.42 Å². The molecule has 1 heterocycles. The highest BCUT2D eigenvalue weighted by Crippen LogP contribution is 2.35. The van der Waals surface area contributed by atoms with Crippen molar-refractivity contribution < 1.29 is 14.3 Å². The second-order valence-electron chi connectivity index (χ2n) is 7.02. The van der Waals surface area contributed by atoms with Crippen molar-refractivity contribution in [2.24, 2.45) is 16.8 Å². The Morgan fingerprint density at radius 3 is 2.62 bits per heavy atom. The Kier molecular flexibility index (Phi) is 5.28. The Labute approximate surface area is 128 Å². The van der Waals surface area contributed by atoms with Crippen LogP contribution in [0.5, 0.6) is 0 Å². The van der Waals surface area contributed by atoms with Gasteiger partial charge < -0.3 is 9.47 Å². The molecule has 2 rings (SSSR count). The van der Waals surface area contributed by atoms with Crippen molar-refractivity contribution in [1.82, 2.24) is 0 Å². The monoisotopic (exact) mass is 295 g/mol. The van der Waals surface area contributed by atoms with E-state index in [0.29, 0.717) is 18.4 Å². The molecule has 0 aromatic carbocycles. The molecule has 0 radical (unpaired) electrons. The molecule has 4 heteroatoms. The van der Waals surface area contributed by atoms with Gasteiger partial charge in [0.25, 0.3) is 0 Å². The fraction of sp³-hybridized carbons (Fsp3) is 0.882. The van der Waals surface area contributed by atoms with Crippen LogP contribution < -0.4 is 0 Å². The van der Waals surface area contributed by atoms with Crippen LogP contribution in [0.4, 0.5) is 0 Å². The summed E-state index contributed by atoms with van der Waals surface area (Å²) in [6, 6.07) is 0. The van der Waals surface area contributed by atoms with E-state index in [0.717, 1.165) is 19.3 Å². The van der Waals surface area contributed by atoms with Crippen LogP contribution in [-0.2, 0) is 14.3 Å². The Morgan fingerprint density at radius 2 is 2.05 bits per heavy atom. The van der Waals surface area contributed by atoms with Crippen molar-refractivity contribution in [3.8, 4) is 0 Å². The second-order valence-corrected chi connectivity index (χ2v) is 7.02. The summed E-state index contributed by atoms with van der Waals surface area (Å²) in [5.74, 6) is 0.460. The fourth-order valence-electron chi connectivity index (χ4n) is 3.66. The molecule has 1 saturated carbocycles. The number of carbonyl (C=O) groups is 1. The summed E-state index contributed by atoms with van der Waals surface area (Å²) in [6.07, 6.45) is 6.77. The first-order valence-corrected chi connectivity index (χ1v) is 8.36. The minimum Gasteiger partial charge on any atom is -0.477 e. The van der Waals surface area contributed by atoms with Crippen molar-refractivity contribution >= 4 is 11.9 Å². The van der Waals surface area contributed by atoms with Crippen LogP contribution in [0.15, 0.2) is 4.99 Å². The molecular formula is C17H29NO3. The van der Waals surface area contributed by atoms with Crippen molar-refractivity contribution in [3.05, 3.63) is 0 Å². The number of aliphatic imine (C=N–C) groups is 1. The lowest BCUT2D eigenvalue weighted by Gasteiger charge is -2.36. The first-order chi connectivity index (χ1) is 9.93. The molecule has 21 heavy (non-hydrogen) atoms. The summed E-state index contributed by atoms with van der Waals surface area (Å²) in [7, 11) is 0. The molecule has 2 aliphatic rings. The molecule has 2 unspecified atom stereocenters. The number of nitrogens with zero attached hydrogens (tertiary/aromatic N) is 1. The molecule has 1 aliphatic heterocycles.